The van der Waals surface area contributed by atoms with Crippen LogP contribution in [-0.4, -0.2) is 29.1 Å². The van der Waals surface area contributed by atoms with E-state index in [4.69, 9.17) is 10.5 Å². The van der Waals surface area contributed by atoms with E-state index in [1.54, 1.807) is 0 Å². The highest BCUT2D eigenvalue weighted by molar-refractivity contribution is 7.17. The lowest BCUT2D eigenvalue weighted by atomic mass is 10.2. The van der Waals surface area contributed by atoms with E-state index in [2.05, 4.69) is 15.5 Å². The number of hydrogen-bond acceptors (Lipinski definition) is 9. The summed E-state index contributed by atoms with van der Waals surface area (Å²) in [6.07, 6.45) is 1.54. The maximum Gasteiger partial charge on any atom is 0.283 e. The number of aryl methyl sites for hydroxylation is 1. The number of benzene rings is 1. The van der Waals surface area contributed by atoms with Crippen LogP contribution in [0.15, 0.2) is 17.2 Å². The Bertz CT molecular complexity index is 848. The van der Waals surface area contributed by atoms with E-state index in [-0.39, 0.29) is 22.1 Å². The molecular formula is C14H14N5O5S-. The molecule has 0 bridgehead atoms. The van der Waals surface area contributed by atoms with Crippen LogP contribution in [0.25, 0.3) is 0 Å². The summed E-state index contributed by atoms with van der Waals surface area (Å²) in [6, 6.07) is 2.06. The second-order valence-electron chi connectivity index (χ2n) is 4.70. The van der Waals surface area contributed by atoms with E-state index >= 15 is 0 Å². The standard InChI is InChI=1S/C14H15N5O5S/c1-3-9-12(25-14(15)17-9)13(21)18-16-6-7-4-8(19(22)23)5-10(24-2)11(7)20/h4-6,20H,3H2,1-2H3,(H2,15,17)(H,18,21)/p-1/b16-6-. The summed E-state index contributed by atoms with van der Waals surface area (Å²) in [6.45, 7) is 1.83. The molecule has 0 spiro atoms. The molecule has 0 atom stereocenters. The van der Waals surface area contributed by atoms with Crippen LogP contribution in [0.2, 0.25) is 0 Å². The first kappa shape index (κ1) is 18.1. The summed E-state index contributed by atoms with van der Waals surface area (Å²) in [4.78, 5) is 26.7. The van der Waals surface area contributed by atoms with Crippen LogP contribution in [-0.2, 0) is 6.42 Å². The van der Waals surface area contributed by atoms with Gasteiger partial charge < -0.3 is 15.6 Å². The van der Waals surface area contributed by atoms with Gasteiger partial charge in [-0.05, 0) is 12.0 Å². The lowest BCUT2D eigenvalue weighted by molar-refractivity contribution is -0.385. The van der Waals surface area contributed by atoms with Gasteiger partial charge in [0.2, 0.25) is 0 Å². The minimum Gasteiger partial charge on any atom is -0.870 e. The molecule has 1 amide bonds. The van der Waals surface area contributed by atoms with Crippen molar-refractivity contribution in [1.29, 1.82) is 0 Å². The van der Waals surface area contributed by atoms with Gasteiger partial charge in [-0.2, -0.15) is 5.10 Å². The highest BCUT2D eigenvalue weighted by atomic mass is 32.1. The lowest BCUT2D eigenvalue weighted by Gasteiger charge is -2.14. The van der Waals surface area contributed by atoms with Gasteiger partial charge in [-0.3, -0.25) is 14.9 Å². The Labute approximate surface area is 146 Å². The number of non-ortho nitro benzene ring substituents is 1. The van der Waals surface area contributed by atoms with E-state index in [0.717, 1.165) is 29.7 Å². The number of nitrogen functional groups attached to an aromatic ring is 1. The molecule has 2 rings (SSSR count). The van der Waals surface area contributed by atoms with Crippen LogP contribution in [0.5, 0.6) is 11.5 Å². The van der Waals surface area contributed by atoms with Gasteiger partial charge in [-0.15, -0.1) is 0 Å². The highest BCUT2D eigenvalue weighted by Gasteiger charge is 2.15. The molecule has 25 heavy (non-hydrogen) atoms. The summed E-state index contributed by atoms with van der Waals surface area (Å²) < 4.78 is 4.82. The molecule has 3 N–H and O–H groups in total. The van der Waals surface area contributed by atoms with Gasteiger partial charge in [0.15, 0.2) is 5.13 Å². The molecule has 2 aromatic rings. The normalized spacial score (nSPS) is 10.8. The molecule has 1 aromatic heterocycles. The third-order valence-electron chi connectivity index (χ3n) is 3.12. The number of carbonyl (C=O) groups excluding carboxylic acids is 1. The number of nitrogens with zero attached hydrogens (tertiary/aromatic N) is 3. The molecule has 1 aromatic carbocycles. The topological polar surface area (TPSA) is 156 Å². The van der Waals surface area contributed by atoms with Crippen LogP contribution in [0, 0.1) is 10.1 Å². The maximum absolute atomic E-state index is 12.1. The molecular weight excluding hydrogens is 350 g/mol. The fourth-order valence-electron chi connectivity index (χ4n) is 1.96. The summed E-state index contributed by atoms with van der Waals surface area (Å²) >= 11 is 1.02. The van der Waals surface area contributed by atoms with Gasteiger partial charge >= 0.3 is 0 Å². The van der Waals surface area contributed by atoms with Crippen molar-refractivity contribution in [2.75, 3.05) is 12.8 Å². The fourth-order valence-corrected chi connectivity index (χ4v) is 2.77. The molecule has 0 unspecified atom stereocenters. The van der Waals surface area contributed by atoms with E-state index in [1.807, 2.05) is 6.92 Å². The highest BCUT2D eigenvalue weighted by Crippen LogP contribution is 2.31. The molecule has 0 fully saturated rings. The second-order valence-corrected chi connectivity index (χ2v) is 5.73. The van der Waals surface area contributed by atoms with Crippen LogP contribution >= 0.6 is 11.3 Å². The number of nitrogens with one attached hydrogen (secondary N) is 1. The fraction of sp³-hybridized carbons (Fsp3) is 0.214. The Balaban J connectivity index is 2.23. The third-order valence-corrected chi connectivity index (χ3v) is 4.05. The number of rotatable bonds is 6. The zero-order chi connectivity index (χ0) is 18.6. The van der Waals surface area contributed by atoms with Gasteiger partial charge in [0.1, 0.15) is 10.6 Å². The van der Waals surface area contributed by atoms with Crippen molar-refractivity contribution in [3.63, 3.8) is 0 Å². The van der Waals surface area contributed by atoms with Crippen LogP contribution in [0.1, 0.15) is 27.9 Å². The van der Waals surface area contributed by atoms with E-state index in [1.165, 1.54) is 7.11 Å². The number of hydrazone groups is 1. The van der Waals surface area contributed by atoms with Crippen molar-refractivity contribution in [2.45, 2.75) is 13.3 Å². The Morgan fingerprint density at radius 2 is 2.28 bits per heavy atom. The number of methoxy groups -OCH3 is 1. The largest absolute Gasteiger partial charge is 0.870 e. The molecule has 0 aliphatic carbocycles. The van der Waals surface area contributed by atoms with Gasteiger partial charge in [0.25, 0.3) is 11.6 Å². The van der Waals surface area contributed by atoms with E-state index in [9.17, 15) is 20.0 Å². The van der Waals surface area contributed by atoms with Crippen molar-refractivity contribution in [1.82, 2.24) is 10.4 Å². The monoisotopic (exact) mass is 364 g/mol. The Morgan fingerprint density at radius 3 is 2.88 bits per heavy atom. The molecule has 0 radical (unpaired) electrons. The molecule has 10 nitrogen and oxygen atoms in total. The quantitative estimate of drug-likeness (QED) is 0.440. The van der Waals surface area contributed by atoms with Crippen molar-refractivity contribution >= 4 is 34.3 Å². The molecule has 11 heteroatoms. The lowest BCUT2D eigenvalue weighted by Crippen LogP contribution is -2.18. The summed E-state index contributed by atoms with van der Waals surface area (Å²) in [5.41, 5.74) is 7.94. The zero-order valence-electron chi connectivity index (χ0n) is 13.3. The van der Waals surface area contributed by atoms with Crippen LogP contribution in [0.4, 0.5) is 10.8 Å². The number of nitro groups is 1. The van der Waals surface area contributed by atoms with Gasteiger partial charge in [0.05, 0.1) is 30.0 Å². The minimum absolute atomic E-state index is 0.0918. The van der Waals surface area contributed by atoms with E-state index < -0.39 is 16.6 Å². The minimum atomic E-state index is -0.661. The number of amides is 1. The number of hydrogen-bond donors (Lipinski definition) is 2. The Morgan fingerprint density at radius 1 is 1.56 bits per heavy atom. The first-order valence-corrected chi connectivity index (χ1v) is 7.81. The number of nitrogens with two attached hydrogens (primary N) is 1. The molecule has 132 valence electrons. The third kappa shape index (κ3) is 4.01. The number of carbonyl (C=O) groups is 1. The maximum atomic E-state index is 12.1. The van der Waals surface area contributed by atoms with Crippen molar-refractivity contribution in [3.8, 4) is 11.5 Å². The van der Waals surface area contributed by atoms with Crippen LogP contribution < -0.4 is 21.0 Å². The molecule has 0 saturated carbocycles. The summed E-state index contributed by atoms with van der Waals surface area (Å²) in [5, 5.41) is 26.9. The molecule has 1 heterocycles. The number of aromatic nitrogens is 1. The zero-order valence-corrected chi connectivity index (χ0v) is 14.1. The molecule has 0 aliphatic rings. The van der Waals surface area contributed by atoms with Crippen molar-refractivity contribution < 1.29 is 19.6 Å². The molecule has 0 aliphatic heterocycles. The number of nitro benzene ring substituents is 1. The SMILES string of the molecule is CCc1nc(N)sc1C(=O)N/N=C\c1cc([N+](=O)[O-])cc(OC)c1[O-]. The van der Waals surface area contributed by atoms with Gasteiger partial charge in [-0.1, -0.05) is 24.0 Å². The number of thiazole rings is 1. The predicted molar refractivity (Wildman–Crippen MR) is 90.1 cm³/mol. The number of anilines is 1. The van der Waals surface area contributed by atoms with Crippen molar-refractivity contribution in [2.24, 2.45) is 5.10 Å². The van der Waals surface area contributed by atoms with Gasteiger partial charge in [-0.25, -0.2) is 10.4 Å². The molecule has 0 saturated heterocycles. The second kappa shape index (κ2) is 7.57. The first-order chi connectivity index (χ1) is 11.9. The smallest absolute Gasteiger partial charge is 0.283 e. The van der Waals surface area contributed by atoms with Crippen LogP contribution in [0.3, 0.4) is 0 Å². The van der Waals surface area contributed by atoms with Crippen molar-refractivity contribution in [3.05, 3.63) is 38.4 Å². The predicted octanol–water partition coefficient (Wildman–Crippen LogP) is 1.04. The summed E-state index contributed by atoms with van der Waals surface area (Å²) in [5.74, 6) is -1.31. The van der Waals surface area contributed by atoms with Gasteiger partial charge in [0, 0.05) is 6.07 Å². The van der Waals surface area contributed by atoms with E-state index in [0.29, 0.717) is 17.0 Å². The average molecular weight is 364 g/mol. The first-order valence-electron chi connectivity index (χ1n) is 6.99. The Hall–Kier alpha value is -3.21. The summed E-state index contributed by atoms with van der Waals surface area (Å²) in [7, 11) is 1.23. The Kier molecular flexibility index (Phi) is 5.49. The number of ether oxygens (including phenoxy) is 1. The average Bonchev–Trinajstić information content (AvgIpc) is 2.97.